The van der Waals surface area contributed by atoms with Crippen LogP contribution in [0.4, 0.5) is 10.6 Å². The first kappa shape index (κ1) is 19.3. The molecule has 2 amide bonds. The SMILES string of the molecule is C#Cc1nc(NC(=O)NCc2ccc(-c3ccccc3)cc2C(=O)CC)cs1. The largest absolute Gasteiger partial charge is 0.334 e. The van der Waals surface area contributed by atoms with Crippen LogP contribution in [0.25, 0.3) is 11.1 Å². The van der Waals surface area contributed by atoms with Gasteiger partial charge in [-0.15, -0.1) is 17.8 Å². The normalized spacial score (nSPS) is 10.1. The Bertz CT molecular complexity index is 1040. The van der Waals surface area contributed by atoms with Gasteiger partial charge in [-0.1, -0.05) is 49.4 Å². The number of thiazole rings is 1. The number of hydrogen-bond donors (Lipinski definition) is 2. The third kappa shape index (κ3) is 4.64. The Morgan fingerprint density at radius 2 is 1.93 bits per heavy atom. The van der Waals surface area contributed by atoms with Gasteiger partial charge in [-0.25, -0.2) is 9.78 Å². The van der Waals surface area contributed by atoms with Crippen molar-refractivity contribution in [3.8, 4) is 23.5 Å². The monoisotopic (exact) mass is 389 g/mol. The van der Waals surface area contributed by atoms with Crippen molar-refractivity contribution >= 4 is 29.0 Å². The molecule has 5 nitrogen and oxygen atoms in total. The lowest BCUT2D eigenvalue weighted by molar-refractivity contribution is 0.0987. The van der Waals surface area contributed by atoms with E-state index >= 15 is 0 Å². The van der Waals surface area contributed by atoms with Crippen LogP contribution < -0.4 is 10.6 Å². The van der Waals surface area contributed by atoms with Crippen molar-refractivity contribution in [2.24, 2.45) is 0 Å². The average Bonchev–Trinajstić information content (AvgIpc) is 3.19. The van der Waals surface area contributed by atoms with E-state index in [9.17, 15) is 9.59 Å². The number of benzene rings is 2. The van der Waals surface area contributed by atoms with Crippen molar-refractivity contribution in [3.05, 3.63) is 70.0 Å². The van der Waals surface area contributed by atoms with Gasteiger partial charge in [0.2, 0.25) is 0 Å². The standard InChI is InChI=1S/C22H19N3O2S/c1-3-19(26)18-12-16(15-8-6-5-7-9-15)10-11-17(18)13-23-22(27)25-20-14-28-21(4-2)24-20/h2,5-12,14H,3,13H2,1H3,(H2,23,25,27). The molecule has 0 radical (unpaired) electrons. The van der Waals surface area contributed by atoms with E-state index < -0.39 is 6.03 Å². The third-order valence-electron chi connectivity index (χ3n) is 4.15. The topological polar surface area (TPSA) is 71.1 Å². The number of urea groups is 1. The number of aromatic nitrogens is 1. The maximum absolute atomic E-state index is 12.4. The van der Waals surface area contributed by atoms with E-state index in [0.29, 0.717) is 22.8 Å². The van der Waals surface area contributed by atoms with Crippen LogP contribution in [0.2, 0.25) is 0 Å². The zero-order valence-corrected chi connectivity index (χ0v) is 16.2. The number of hydrogen-bond acceptors (Lipinski definition) is 4. The average molecular weight is 389 g/mol. The van der Waals surface area contributed by atoms with E-state index in [1.807, 2.05) is 55.5 Å². The molecule has 1 aromatic heterocycles. The summed E-state index contributed by atoms with van der Waals surface area (Å²) < 4.78 is 0. The molecule has 0 spiro atoms. The first-order valence-electron chi connectivity index (χ1n) is 8.79. The zero-order chi connectivity index (χ0) is 19.9. The van der Waals surface area contributed by atoms with E-state index in [4.69, 9.17) is 6.42 Å². The molecule has 0 aliphatic carbocycles. The number of carbonyl (C=O) groups excluding carboxylic acids is 2. The van der Waals surface area contributed by atoms with Crippen molar-refractivity contribution in [2.45, 2.75) is 19.9 Å². The van der Waals surface area contributed by atoms with E-state index in [2.05, 4.69) is 21.5 Å². The summed E-state index contributed by atoms with van der Waals surface area (Å²) in [6, 6.07) is 15.2. The van der Waals surface area contributed by atoms with Gasteiger partial charge in [0.05, 0.1) is 0 Å². The van der Waals surface area contributed by atoms with E-state index in [0.717, 1.165) is 16.7 Å². The van der Waals surface area contributed by atoms with Crippen LogP contribution in [0.3, 0.4) is 0 Å². The summed E-state index contributed by atoms with van der Waals surface area (Å²) in [5.74, 6) is 2.86. The number of nitrogens with zero attached hydrogens (tertiary/aromatic N) is 1. The van der Waals surface area contributed by atoms with Gasteiger partial charge in [0.25, 0.3) is 0 Å². The number of carbonyl (C=O) groups is 2. The minimum Gasteiger partial charge on any atom is -0.334 e. The number of amides is 2. The second-order valence-corrected chi connectivity index (χ2v) is 6.86. The number of nitrogens with one attached hydrogen (secondary N) is 2. The van der Waals surface area contributed by atoms with Crippen LogP contribution in [0.5, 0.6) is 0 Å². The fraction of sp³-hybridized carbons (Fsp3) is 0.136. The van der Waals surface area contributed by atoms with Gasteiger partial charge < -0.3 is 5.32 Å². The van der Waals surface area contributed by atoms with Crippen molar-refractivity contribution < 1.29 is 9.59 Å². The summed E-state index contributed by atoms with van der Waals surface area (Å²) in [6.45, 7) is 2.06. The summed E-state index contributed by atoms with van der Waals surface area (Å²) in [5, 5.41) is 7.58. The van der Waals surface area contributed by atoms with Gasteiger partial charge in [0.1, 0.15) is 5.82 Å². The Morgan fingerprint density at radius 3 is 2.61 bits per heavy atom. The molecule has 3 aromatic rings. The molecule has 0 saturated heterocycles. The molecule has 2 N–H and O–H groups in total. The molecule has 0 aliphatic rings. The van der Waals surface area contributed by atoms with Crippen LogP contribution in [0.1, 0.15) is 34.3 Å². The predicted molar refractivity (Wildman–Crippen MR) is 112 cm³/mol. The smallest absolute Gasteiger partial charge is 0.320 e. The van der Waals surface area contributed by atoms with Crippen LogP contribution in [-0.2, 0) is 6.54 Å². The van der Waals surface area contributed by atoms with Gasteiger partial charge >= 0.3 is 6.03 Å². The van der Waals surface area contributed by atoms with Gasteiger partial charge in [0.15, 0.2) is 10.8 Å². The van der Waals surface area contributed by atoms with Crippen molar-refractivity contribution in [1.29, 1.82) is 0 Å². The highest BCUT2D eigenvalue weighted by atomic mass is 32.1. The number of anilines is 1. The molecular formula is C22H19N3O2S. The van der Waals surface area contributed by atoms with Gasteiger partial charge in [-0.3, -0.25) is 10.1 Å². The zero-order valence-electron chi connectivity index (χ0n) is 15.4. The van der Waals surface area contributed by atoms with E-state index in [1.54, 1.807) is 5.38 Å². The Balaban J connectivity index is 1.74. The van der Waals surface area contributed by atoms with Crippen molar-refractivity contribution in [3.63, 3.8) is 0 Å². The maximum atomic E-state index is 12.4. The highest BCUT2D eigenvalue weighted by molar-refractivity contribution is 7.10. The summed E-state index contributed by atoms with van der Waals surface area (Å²) in [4.78, 5) is 28.6. The van der Waals surface area contributed by atoms with Gasteiger partial charge in [-0.05, 0) is 28.7 Å². The molecule has 6 heteroatoms. The lowest BCUT2D eigenvalue weighted by Crippen LogP contribution is -2.29. The number of terminal acetylenes is 1. The molecule has 140 valence electrons. The maximum Gasteiger partial charge on any atom is 0.320 e. The minimum atomic E-state index is -0.407. The Morgan fingerprint density at radius 1 is 1.14 bits per heavy atom. The highest BCUT2D eigenvalue weighted by Crippen LogP contribution is 2.23. The Kier molecular flexibility index (Phi) is 6.20. The fourth-order valence-electron chi connectivity index (χ4n) is 2.72. The van der Waals surface area contributed by atoms with Gasteiger partial charge in [0, 0.05) is 23.9 Å². The Labute approximate surface area is 167 Å². The summed E-state index contributed by atoms with van der Waals surface area (Å²) in [5.41, 5.74) is 3.39. The van der Waals surface area contributed by atoms with Crippen molar-refractivity contribution in [1.82, 2.24) is 10.3 Å². The second-order valence-electron chi connectivity index (χ2n) is 6.00. The first-order chi connectivity index (χ1) is 13.6. The molecule has 0 saturated carbocycles. The second kappa shape index (κ2) is 8.98. The molecule has 0 fully saturated rings. The molecule has 0 aliphatic heterocycles. The molecule has 0 atom stereocenters. The molecular weight excluding hydrogens is 370 g/mol. The number of Topliss-reactive ketones (excluding diaryl/α,β-unsaturated/α-hetero) is 1. The number of rotatable bonds is 6. The molecule has 1 heterocycles. The molecule has 28 heavy (non-hydrogen) atoms. The first-order valence-corrected chi connectivity index (χ1v) is 9.67. The molecule has 0 unspecified atom stereocenters. The van der Waals surface area contributed by atoms with Gasteiger partial charge in [-0.2, -0.15) is 0 Å². The van der Waals surface area contributed by atoms with Crippen LogP contribution in [-0.4, -0.2) is 16.8 Å². The summed E-state index contributed by atoms with van der Waals surface area (Å²) >= 11 is 1.28. The molecule has 0 bridgehead atoms. The Hall–Kier alpha value is -3.43. The van der Waals surface area contributed by atoms with Crippen LogP contribution >= 0.6 is 11.3 Å². The number of ketones is 1. The fourth-order valence-corrected chi connectivity index (χ4v) is 3.28. The predicted octanol–water partition coefficient (Wildman–Crippen LogP) is 4.71. The quantitative estimate of drug-likeness (QED) is 0.474. The summed E-state index contributed by atoms with van der Waals surface area (Å²) in [6.07, 6.45) is 5.67. The lowest BCUT2D eigenvalue weighted by atomic mass is 9.96. The molecule has 3 rings (SSSR count). The van der Waals surface area contributed by atoms with Crippen LogP contribution in [0, 0.1) is 12.3 Å². The third-order valence-corrected chi connectivity index (χ3v) is 4.92. The highest BCUT2D eigenvalue weighted by Gasteiger charge is 2.13. The minimum absolute atomic E-state index is 0.0353. The molecule has 2 aromatic carbocycles. The van der Waals surface area contributed by atoms with Crippen LogP contribution in [0.15, 0.2) is 53.9 Å². The van der Waals surface area contributed by atoms with E-state index in [-0.39, 0.29) is 12.3 Å². The van der Waals surface area contributed by atoms with Crippen molar-refractivity contribution in [2.75, 3.05) is 5.32 Å². The van der Waals surface area contributed by atoms with E-state index in [1.165, 1.54) is 11.3 Å². The lowest BCUT2D eigenvalue weighted by Gasteiger charge is -2.12. The summed E-state index contributed by atoms with van der Waals surface area (Å²) in [7, 11) is 0.